The summed E-state index contributed by atoms with van der Waals surface area (Å²) in [5.74, 6) is 0. The number of nitrogens with zero attached hydrogens (tertiary/aromatic N) is 3. The highest BCUT2D eigenvalue weighted by atomic mass is 14.8. The van der Waals surface area contributed by atoms with Gasteiger partial charge in [0.25, 0.3) is 0 Å². The largest absolute Gasteiger partial charge is 0.248 e. The molecule has 3 heteroatoms. The molecule has 3 heterocycles. The number of fused-ring (bicyclic) bond motifs is 3. The first-order chi connectivity index (χ1) is 21.8. The Bertz CT molecular complexity index is 2190. The molecule has 44 heavy (non-hydrogen) atoms. The van der Waals surface area contributed by atoms with E-state index in [9.17, 15) is 0 Å². The summed E-state index contributed by atoms with van der Waals surface area (Å²) in [4.78, 5) is 15.7. The summed E-state index contributed by atoms with van der Waals surface area (Å²) in [6.07, 6.45) is 0. The summed E-state index contributed by atoms with van der Waals surface area (Å²) < 4.78 is 0. The van der Waals surface area contributed by atoms with Crippen LogP contribution in [0.25, 0.3) is 78.0 Å². The van der Waals surface area contributed by atoms with Gasteiger partial charge in [-0.15, -0.1) is 0 Å². The second-order valence-electron chi connectivity index (χ2n) is 10.9. The number of aromatic nitrogens is 3. The van der Waals surface area contributed by atoms with Gasteiger partial charge in [0, 0.05) is 33.0 Å². The standard InChI is InChI=1S/C41H27N3/c1-5-13-28(14-6-1)33-25-37(30-17-9-3-10-18-30)42-39(26-33)35-27-38(31-19-11-4-12-20-31)44-41-34(35)23-21-32-22-24-36(43-40(32)41)29-15-7-2-8-16-29/h1-27H. The van der Waals surface area contributed by atoms with Crippen molar-refractivity contribution in [3.8, 4) is 56.2 Å². The van der Waals surface area contributed by atoms with E-state index in [0.717, 1.165) is 78.0 Å². The number of pyridine rings is 3. The molecular weight excluding hydrogens is 534 g/mol. The Morgan fingerprint density at radius 2 is 0.773 bits per heavy atom. The highest BCUT2D eigenvalue weighted by molar-refractivity contribution is 6.09. The van der Waals surface area contributed by atoms with E-state index in [2.05, 4.69) is 127 Å². The number of rotatable bonds is 5. The van der Waals surface area contributed by atoms with Crippen LogP contribution in [0.1, 0.15) is 0 Å². The minimum absolute atomic E-state index is 0.866. The molecular formula is C41H27N3. The zero-order valence-corrected chi connectivity index (χ0v) is 23.9. The van der Waals surface area contributed by atoms with Crippen molar-refractivity contribution in [2.24, 2.45) is 0 Å². The summed E-state index contributed by atoms with van der Waals surface area (Å²) >= 11 is 0. The van der Waals surface area contributed by atoms with Crippen LogP contribution in [0.2, 0.25) is 0 Å². The van der Waals surface area contributed by atoms with Gasteiger partial charge in [-0.2, -0.15) is 0 Å². The van der Waals surface area contributed by atoms with Crippen molar-refractivity contribution in [1.82, 2.24) is 15.0 Å². The molecule has 0 amide bonds. The third kappa shape index (κ3) is 4.81. The highest BCUT2D eigenvalue weighted by Gasteiger charge is 2.17. The first kappa shape index (κ1) is 25.8. The maximum atomic E-state index is 5.28. The van der Waals surface area contributed by atoms with Crippen LogP contribution in [-0.4, -0.2) is 15.0 Å². The summed E-state index contributed by atoms with van der Waals surface area (Å²) in [6.45, 7) is 0. The van der Waals surface area contributed by atoms with Gasteiger partial charge in [-0.1, -0.05) is 140 Å². The van der Waals surface area contributed by atoms with E-state index in [4.69, 9.17) is 15.0 Å². The Hall–Kier alpha value is -5.93. The second kappa shape index (κ2) is 11.0. The molecule has 8 aromatic rings. The fourth-order valence-corrected chi connectivity index (χ4v) is 5.83. The van der Waals surface area contributed by atoms with Crippen molar-refractivity contribution in [3.05, 3.63) is 164 Å². The fourth-order valence-electron chi connectivity index (χ4n) is 5.83. The minimum atomic E-state index is 0.866. The van der Waals surface area contributed by atoms with Gasteiger partial charge in [-0.05, 0) is 35.4 Å². The average molecular weight is 562 g/mol. The summed E-state index contributed by atoms with van der Waals surface area (Å²) in [7, 11) is 0. The zero-order chi connectivity index (χ0) is 29.3. The van der Waals surface area contributed by atoms with E-state index in [1.807, 2.05) is 36.4 Å². The van der Waals surface area contributed by atoms with Crippen molar-refractivity contribution in [1.29, 1.82) is 0 Å². The van der Waals surface area contributed by atoms with Crippen molar-refractivity contribution in [2.45, 2.75) is 0 Å². The molecule has 0 radical (unpaired) electrons. The quantitative estimate of drug-likeness (QED) is 0.196. The lowest BCUT2D eigenvalue weighted by Crippen LogP contribution is -1.96. The Labute approximate surface area is 256 Å². The first-order valence-corrected chi connectivity index (χ1v) is 14.8. The molecule has 0 aliphatic heterocycles. The van der Waals surface area contributed by atoms with Crippen LogP contribution in [0, 0.1) is 0 Å². The molecule has 0 bridgehead atoms. The van der Waals surface area contributed by atoms with Crippen molar-refractivity contribution in [3.63, 3.8) is 0 Å². The predicted molar refractivity (Wildman–Crippen MR) is 182 cm³/mol. The third-order valence-electron chi connectivity index (χ3n) is 8.06. The van der Waals surface area contributed by atoms with Crippen LogP contribution in [0.4, 0.5) is 0 Å². The monoisotopic (exact) mass is 561 g/mol. The van der Waals surface area contributed by atoms with Crippen molar-refractivity contribution < 1.29 is 0 Å². The van der Waals surface area contributed by atoms with E-state index >= 15 is 0 Å². The number of hydrogen-bond donors (Lipinski definition) is 0. The molecule has 8 rings (SSSR count). The van der Waals surface area contributed by atoms with Crippen LogP contribution in [0.3, 0.4) is 0 Å². The van der Waals surface area contributed by atoms with Crippen LogP contribution >= 0.6 is 0 Å². The molecule has 206 valence electrons. The molecule has 0 unspecified atom stereocenters. The van der Waals surface area contributed by atoms with Crippen LogP contribution in [-0.2, 0) is 0 Å². The van der Waals surface area contributed by atoms with Crippen molar-refractivity contribution >= 4 is 21.8 Å². The molecule has 0 fully saturated rings. The maximum absolute atomic E-state index is 5.28. The molecule has 0 saturated heterocycles. The van der Waals surface area contributed by atoms with Gasteiger partial charge in [0.05, 0.1) is 33.8 Å². The normalized spacial score (nSPS) is 11.2. The Morgan fingerprint density at radius 1 is 0.295 bits per heavy atom. The summed E-state index contributed by atoms with van der Waals surface area (Å²) in [5, 5.41) is 2.07. The van der Waals surface area contributed by atoms with E-state index in [1.165, 1.54) is 0 Å². The number of hydrogen-bond acceptors (Lipinski definition) is 3. The van der Waals surface area contributed by atoms with E-state index < -0.39 is 0 Å². The molecule has 0 saturated carbocycles. The van der Waals surface area contributed by atoms with Gasteiger partial charge in [0.1, 0.15) is 0 Å². The van der Waals surface area contributed by atoms with Gasteiger partial charge in [-0.25, -0.2) is 15.0 Å². The first-order valence-electron chi connectivity index (χ1n) is 14.8. The molecule has 0 N–H and O–H groups in total. The van der Waals surface area contributed by atoms with Gasteiger partial charge in [-0.3, -0.25) is 0 Å². The lowest BCUT2D eigenvalue weighted by molar-refractivity contribution is 1.31. The summed E-state index contributed by atoms with van der Waals surface area (Å²) in [6, 6.07) is 56.6. The molecule has 0 atom stereocenters. The second-order valence-corrected chi connectivity index (χ2v) is 10.9. The third-order valence-corrected chi connectivity index (χ3v) is 8.06. The SMILES string of the molecule is c1ccc(-c2cc(-c3ccccc3)nc(-c3cc(-c4ccccc4)nc4c3ccc3ccc(-c5ccccc5)nc34)c2)cc1. The molecule has 3 aromatic heterocycles. The van der Waals surface area contributed by atoms with Crippen LogP contribution < -0.4 is 0 Å². The molecule has 0 aliphatic carbocycles. The predicted octanol–water partition coefficient (Wildman–Crippen LogP) is 10.5. The number of benzene rings is 5. The Morgan fingerprint density at radius 3 is 1.39 bits per heavy atom. The zero-order valence-electron chi connectivity index (χ0n) is 23.9. The molecule has 0 aliphatic rings. The van der Waals surface area contributed by atoms with Gasteiger partial charge < -0.3 is 0 Å². The average Bonchev–Trinajstić information content (AvgIpc) is 3.12. The van der Waals surface area contributed by atoms with E-state index in [-0.39, 0.29) is 0 Å². The summed E-state index contributed by atoms with van der Waals surface area (Å²) in [5.41, 5.74) is 11.9. The lowest BCUT2D eigenvalue weighted by atomic mass is 9.96. The Kier molecular flexibility index (Phi) is 6.47. The van der Waals surface area contributed by atoms with E-state index in [1.54, 1.807) is 0 Å². The fraction of sp³-hybridized carbons (Fsp3) is 0. The Balaban J connectivity index is 1.44. The molecule has 0 spiro atoms. The van der Waals surface area contributed by atoms with E-state index in [0.29, 0.717) is 0 Å². The minimum Gasteiger partial charge on any atom is -0.248 e. The highest BCUT2D eigenvalue weighted by Crippen LogP contribution is 2.37. The van der Waals surface area contributed by atoms with Gasteiger partial charge in [0.2, 0.25) is 0 Å². The van der Waals surface area contributed by atoms with Crippen molar-refractivity contribution in [2.75, 3.05) is 0 Å². The van der Waals surface area contributed by atoms with Crippen LogP contribution in [0.15, 0.2) is 164 Å². The van der Waals surface area contributed by atoms with Gasteiger partial charge in [0.15, 0.2) is 0 Å². The topological polar surface area (TPSA) is 38.7 Å². The molecule has 5 aromatic carbocycles. The maximum Gasteiger partial charge on any atom is 0.0979 e. The van der Waals surface area contributed by atoms with Gasteiger partial charge >= 0.3 is 0 Å². The smallest absolute Gasteiger partial charge is 0.0979 e. The molecule has 3 nitrogen and oxygen atoms in total. The van der Waals surface area contributed by atoms with Crippen LogP contribution in [0.5, 0.6) is 0 Å². The lowest BCUT2D eigenvalue weighted by Gasteiger charge is -2.15.